The number of hydrogen-bond acceptors (Lipinski definition) is 5. The molecule has 0 spiro atoms. The number of Topliss-reactive ketones (excluding diaryl/α,β-unsaturated/α-hetero) is 1. The van der Waals surface area contributed by atoms with Crippen molar-refractivity contribution in [2.45, 2.75) is 13.8 Å². The van der Waals surface area contributed by atoms with Gasteiger partial charge in [0.15, 0.2) is 12.4 Å². The van der Waals surface area contributed by atoms with E-state index in [-0.39, 0.29) is 30.6 Å². The van der Waals surface area contributed by atoms with Crippen LogP contribution in [0.4, 0.5) is 4.39 Å². The topological polar surface area (TPSA) is 61.8 Å². The van der Waals surface area contributed by atoms with Gasteiger partial charge in [0.25, 0.3) is 0 Å². The van der Waals surface area contributed by atoms with Gasteiger partial charge in [-0.1, -0.05) is 12.1 Å². The molecular formula is C20H17FO5. The number of benzene rings is 2. The van der Waals surface area contributed by atoms with Crippen LogP contribution >= 0.6 is 0 Å². The Morgan fingerprint density at radius 3 is 2.65 bits per heavy atom. The summed E-state index contributed by atoms with van der Waals surface area (Å²) in [5.74, 6) is -0.156. The van der Waals surface area contributed by atoms with E-state index in [0.717, 1.165) is 0 Å². The summed E-state index contributed by atoms with van der Waals surface area (Å²) in [6, 6.07) is 8.97. The van der Waals surface area contributed by atoms with Crippen molar-refractivity contribution in [1.29, 1.82) is 0 Å². The van der Waals surface area contributed by atoms with Crippen LogP contribution in [0.1, 0.15) is 28.4 Å². The van der Waals surface area contributed by atoms with Crippen LogP contribution in [-0.4, -0.2) is 25.0 Å². The van der Waals surface area contributed by atoms with Crippen molar-refractivity contribution >= 4 is 17.8 Å². The van der Waals surface area contributed by atoms with Crippen LogP contribution in [0.2, 0.25) is 0 Å². The van der Waals surface area contributed by atoms with Crippen molar-refractivity contribution in [1.82, 2.24) is 0 Å². The van der Waals surface area contributed by atoms with E-state index in [1.807, 2.05) is 0 Å². The van der Waals surface area contributed by atoms with Gasteiger partial charge in [-0.2, -0.15) is 0 Å². The average Bonchev–Trinajstić information content (AvgIpc) is 2.91. The fourth-order valence-corrected chi connectivity index (χ4v) is 2.62. The molecule has 0 aromatic heterocycles. The summed E-state index contributed by atoms with van der Waals surface area (Å²) in [6.07, 6.45) is 1.56. The summed E-state index contributed by atoms with van der Waals surface area (Å²) in [7, 11) is 0. The Hall–Kier alpha value is -3.15. The zero-order valence-electron chi connectivity index (χ0n) is 14.4. The van der Waals surface area contributed by atoms with Crippen LogP contribution in [0, 0.1) is 12.7 Å². The van der Waals surface area contributed by atoms with Gasteiger partial charge in [0.05, 0.1) is 12.2 Å². The van der Waals surface area contributed by atoms with Crippen molar-refractivity contribution in [2.24, 2.45) is 0 Å². The van der Waals surface area contributed by atoms with Gasteiger partial charge in [-0.3, -0.25) is 4.79 Å². The minimum Gasteiger partial charge on any atom is -0.482 e. The molecule has 134 valence electrons. The Morgan fingerprint density at radius 1 is 1.23 bits per heavy atom. The van der Waals surface area contributed by atoms with Gasteiger partial charge in [-0.15, -0.1) is 0 Å². The molecule has 0 saturated carbocycles. The number of rotatable bonds is 5. The molecule has 0 radical (unpaired) electrons. The van der Waals surface area contributed by atoms with Crippen LogP contribution < -0.4 is 9.47 Å². The van der Waals surface area contributed by atoms with Gasteiger partial charge in [0.1, 0.15) is 17.3 Å². The predicted molar refractivity (Wildman–Crippen MR) is 92.6 cm³/mol. The smallest absolute Gasteiger partial charge is 0.344 e. The Bertz CT molecular complexity index is 884. The first-order chi connectivity index (χ1) is 12.5. The molecule has 0 N–H and O–H groups in total. The average molecular weight is 356 g/mol. The molecule has 6 heteroatoms. The quantitative estimate of drug-likeness (QED) is 0.604. The molecular weight excluding hydrogens is 339 g/mol. The fraction of sp³-hybridized carbons (Fsp3) is 0.200. The molecule has 1 heterocycles. The highest BCUT2D eigenvalue weighted by molar-refractivity contribution is 6.15. The molecule has 0 unspecified atom stereocenters. The van der Waals surface area contributed by atoms with E-state index in [9.17, 15) is 14.0 Å². The zero-order valence-corrected chi connectivity index (χ0v) is 14.4. The van der Waals surface area contributed by atoms with E-state index in [1.54, 1.807) is 44.2 Å². The number of fused-ring (bicyclic) bond motifs is 1. The molecule has 0 amide bonds. The summed E-state index contributed by atoms with van der Waals surface area (Å²) in [4.78, 5) is 24.0. The maximum absolute atomic E-state index is 13.0. The molecule has 2 aromatic carbocycles. The monoisotopic (exact) mass is 356 g/mol. The third-order valence-electron chi connectivity index (χ3n) is 3.77. The maximum atomic E-state index is 13.0. The van der Waals surface area contributed by atoms with Crippen LogP contribution in [0.5, 0.6) is 11.5 Å². The lowest BCUT2D eigenvalue weighted by Crippen LogP contribution is -2.14. The Kier molecular flexibility index (Phi) is 5.02. The molecule has 26 heavy (non-hydrogen) atoms. The van der Waals surface area contributed by atoms with Gasteiger partial charge in [0, 0.05) is 6.07 Å². The summed E-state index contributed by atoms with van der Waals surface area (Å²) in [5.41, 5.74) is 1.77. The number of ether oxygens (including phenoxy) is 3. The van der Waals surface area contributed by atoms with Crippen molar-refractivity contribution in [2.75, 3.05) is 13.2 Å². The van der Waals surface area contributed by atoms with Crippen LogP contribution in [0.15, 0.2) is 42.2 Å². The Balaban J connectivity index is 1.81. The highest BCUT2D eigenvalue weighted by Gasteiger charge is 2.30. The van der Waals surface area contributed by atoms with E-state index in [2.05, 4.69) is 0 Å². The third kappa shape index (κ3) is 3.74. The molecule has 5 nitrogen and oxygen atoms in total. The molecule has 1 aliphatic rings. The first kappa shape index (κ1) is 17.7. The molecule has 0 bridgehead atoms. The predicted octanol–water partition coefficient (Wildman–Crippen LogP) is 3.69. The second kappa shape index (κ2) is 7.39. The fourth-order valence-electron chi connectivity index (χ4n) is 2.62. The van der Waals surface area contributed by atoms with E-state index in [4.69, 9.17) is 14.2 Å². The number of aryl methyl sites for hydroxylation is 1. The summed E-state index contributed by atoms with van der Waals surface area (Å²) < 4.78 is 28.9. The Labute approximate surface area is 150 Å². The molecule has 0 atom stereocenters. The lowest BCUT2D eigenvalue weighted by molar-refractivity contribution is -0.145. The van der Waals surface area contributed by atoms with Crippen LogP contribution in [-0.2, 0) is 9.53 Å². The van der Waals surface area contributed by atoms with E-state index < -0.39 is 5.97 Å². The third-order valence-corrected chi connectivity index (χ3v) is 3.77. The molecule has 3 rings (SSSR count). The van der Waals surface area contributed by atoms with E-state index in [1.165, 1.54) is 12.1 Å². The summed E-state index contributed by atoms with van der Waals surface area (Å²) in [5, 5.41) is 0. The molecule has 0 fully saturated rings. The van der Waals surface area contributed by atoms with Crippen molar-refractivity contribution in [3.8, 4) is 11.5 Å². The van der Waals surface area contributed by atoms with Gasteiger partial charge in [-0.25, -0.2) is 9.18 Å². The van der Waals surface area contributed by atoms with Crippen molar-refractivity contribution in [3.63, 3.8) is 0 Å². The lowest BCUT2D eigenvalue weighted by atomic mass is 10.0. The zero-order chi connectivity index (χ0) is 18.7. The number of allylic oxidation sites excluding steroid dienone is 1. The minimum atomic E-state index is -0.473. The second-order valence-electron chi connectivity index (χ2n) is 5.70. The highest BCUT2D eigenvalue weighted by Crippen LogP contribution is 2.37. The highest BCUT2D eigenvalue weighted by atomic mass is 19.1. The summed E-state index contributed by atoms with van der Waals surface area (Å²) >= 11 is 0. The SMILES string of the molecule is CCOC(=O)COc1cc(C)c2c(c1)O/C(=C\c1ccc(F)cc1)C2=O. The lowest BCUT2D eigenvalue weighted by Gasteiger charge is -2.08. The second-order valence-corrected chi connectivity index (χ2v) is 5.70. The number of carbonyl (C=O) groups excluding carboxylic acids is 2. The first-order valence-electron chi connectivity index (χ1n) is 8.11. The van der Waals surface area contributed by atoms with E-state index >= 15 is 0 Å². The standard InChI is InChI=1S/C20H17FO5/c1-3-24-18(22)11-25-15-8-12(2)19-16(10-15)26-17(20(19)23)9-13-4-6-14(21)7-5-13/h4-10H,3,11H2,1-2H3/b17-9-. The molecule has 1 aliphatic heterocycles. The van der Waals surface area contributed by atoms with Gasteiger partial charge < -0.3 is 14.2 Å². The number of hydrogen-bond donors (Lipinski definition) is 0. The number of carbonyl (C=O) groups is 2. The van der Waals surface area contributed by atoms with Crippen LogP contribution in [0.25, 0.3) is 6.08 Å². The summed E-state index contributed by atoms with van der Waals surface area (Å²) in [6.45, 7) is 3.53. The molecule has 0 aliphatic carbocycles. The van der Waals surface area contributed by atoms with Crippen molar-refractivity contribution < 1.29 is 28.2 Å². The minimum absolute atomic E-state index is 0.150. The number of halogens is 1. The normalized spacial score (nSPS) is 14.1. The number of esters is 1. The first-order valence-corrected chi connectivity index (χ1v) is 8.11. The molecule has 0 saturated heterocycles. The molecule has 2 aromatic rings. The largest absolute Gasteiger partial charge is 0.482 e. The maximum Gasteiger partial charge on any atom is 0.344 e. The van der Waals surface area contributed by atoms with E-state index in [0.29, 0.717) is 28.2 Å². The van der Waals surface area contributed by atoms with Crippen molar-refractivity contribution in [3.05, 3.63) is 64.7 Å². The van der Waals surface area contributed by atoms with Gasteiger partial charge in [0.2, 0.25) is 5.78 Å². The van der Waals surface area contributed by atoms with Gasteiger partial charge in [-0.05, 0) is 49.2 Å². The number of ketones is 1. The Morgan fingerprint density at radius 2 is 1.96 bits per heavy atom. The van der Waals surface area contributed by atoms with Gasteiger partial charge >= 0.3 is 5.97 Å². The van der Waals surface area contributed by atoms with Crippen LogP contribution in [0.3, 0.4) is 0 Å².